The lowest BCUT2D eigenvalue weighted by Crippen LogP contribution is -2.34. The fraction of sp³-hybridized carbons (Fsp3) is 0.333. The third kappa shape index (κ3) is 3.06. The Balaban J connectivity index is 3.19. The number of hydrogen-bond donors (Lipinski definition) is 1. The average molecular weight is 300 g/mol. The van der Waals surface area contributed by atoms with Crippen LogP contribution in [0.15, 0.2) is 22.7 Å². The number of carboxylic acid groups (broad SMARTS) is 1. The minimum Gasteiger partial charge on any atom is -0.479 e. The Bertz CT molecular complexity index is 459. The molecular weight excluding hydrogens is 286 g/mol. The number of nitrogens with zero attached hydrogens (tertiary/aromatic N) is 1. The molecule has 17 heavy (non-hydrogen) atoms. The number of rotatable bonds is 3. The Morgan fingerprint density at radius 2 is 2.00 bits per heavy atom. The van der Waals surface area contributed by atoms with Gasteiger partial charge in [-0.1, -0.05) is 28.1 Å². The van der Waals surface area contributed by atoms with Crippen LogP contribution in [0.4, 0.5) is 0 Å². The van der Waals surface area contributed by atoms with Gasteiger partial charge in [0.05, 0.1) is 0 Å². The van der Waals surface area contributed by atoms with Crippen LogP contribution in [-0.2, 0) is 9.59 Å². The van der Waals surface area contributed by atoms with Crippen LogP contribution in [0.3, 0.4) is 0 Å². The maximum absolute atomic E-state index is 11.3. The van der Waals surface area contributed by atoms with E-state index in [1.165, 1.54) is 18.9 Å². The van der Waals surface area contributed by atoms with Crippen LogP contribution in [0.25, 0.3) is 0 Å². The molecule has 5 heteroatoms. The predicted molar refractivity (Wildman–Crippen MR) is 67.7 cm³/mol. The largest absolute Gasteiger partial charge is 0.479 e. The minimum atomic E-state index is -1.04. The molecule has 0 saturated heterocycles. The van der Waals surface area contributed by atoms with Gasteiger partial charge in [-0.3, -0.25) is 4.79 Å². The average Bonchev–Trinajstić information content (AvgIpc) is 2.22. The molecule has 0 aliphatic heterocycles. The van der Waals surface area contributed by atoms with Gasteiger partial charge in [-0.05, 0) is 24.1 Å². The Labute approximate surface area is 108 Å². The summed E-state index contributed by atoms with van der Waals surface area (Å²) in [7, 11) is 1.48. The van der Waals surface area contributed by atoms with E-state index in [9.17, 15) is 14.7 Å². The zero-order valence-corrected chi connectivity index (χ0v) is 11.5. The van der Waals surface area contributed by atoms with Gasteiger partial charge in [-0.15, -0.1) is 0 Å². The van der Waals surface area contributed by atoms with Gasteiger partial charge in [0.2, 0.25) is 5.91 Å². The van der Waals surface area contributed by atoms with E-state index in [1.807, 2.05) is 13.0 Å². The Hall–Kier alpha value is -1.36. The van der Waals surface area contributed by atoms with Gasteiger partial charge in [-0.25, -0.2) is 4.79 Å². The highest BCUT2D eigenvalue weighted by atomic mass is 79.9. The molecular formula is C12H14BrNO3. The summed E-state index contributed by atoms with van der Waals surface area (Å²) >= 11 is 3.35. The van der Waals surface area contributed by atoms with E-state index < -0.39 is 12.0 Å². The number of aryl methyl sites for hydroxylation is 1. The summed E-state index contributed by atoms with van der Waals surface area (Å²) in [6, 6.07) is 4.32. The van der Waals surface area contributed by atoms with Crippen LogP contribution in [0.5, 0.6) is 0 Å². The van der Waals surface area contributed by atoms with E-state index in [-0.39, 0.29) is 5.91 Å². The van der Waals surface area contributed by atoms with Crippen molar-refractivity contribution in [3.05, 3.63) is 33.8 Å². The van der Waals surface area contributed by atoms with Crippen molar-refractivity contribution in [2.24, 2.45) is 0 Å². The van der Waals surface area contributed by atoms with Gasteiger partial charge in [0.15, 0.2) is 6.04 Å². The number of carboxylic acids is 1. The van der Waals surface area contributed by atoms with Gasteiger partial charge < -0.3 is 10.0 Å². The molecule has 0 aliphatic carbocycles. The molecule has 1 aromatic rings. The molecule has 4 nitrogen and oxygen atoms in total. The Morgan fingerprint density at radius 3 is 2.41 bits per heavy atom. The van der Waals surface area contributed by atoms with Gasteiger partial charge >= 0.3 is 5.97 Å². The number of carbonyl (C=O) groups excluding carboxylic acids is 1. The number of aliphatic carboxylic acids is 1. The molecule has 0 aliphatic rings. The third-order valence-corrected chi connectivity index (χ3v) is 3.48. The SMILES string of the molecule is CC(=O)N(C)C(C(=O)O)c1ccc(C)c(Br)c1. The molecule has 1 unspecified atom stereocenters. The third-order valence-electron chi connectivity index (χ3n) is 2.63. The first-order valence-corrected chi connectivity index (χ1v) is 5.86. The fourth-order valence-electron chi connectivity index (χ4n) is 1.49. The standard InChI is InChI=1S/C12H14BrNO3/c1-7-4-5-9(6-10(7)13)11(12(16)17)14(3)8(2)15/h4-6,11H,1-3H3,(H,16,17). The first-order valence-electron chi connectivity index (χ1n) is 5.07. The Kier molecular flexibility index (Phi) is 4.28. The summed E-state index contributed by atoms with van der Waals surface area (Å²) in [6.45, 7) is 3.26. The van der Waals surface area contributed by atoms with Gasteiger partial charge in [0.1, 0.15) is 0 Å². The topological polar surface area (TPSA) is 57.6 Å². The number of likely N-dealkylation sites (N-methyl/N-ethyl adjacent to an activating group) is 1. The molecule has 92 valence electrons. The lowest BCUT2D eigenvalue weighted by Gasteiger charge is -2.24. The molecule has 0 heterocycles. The summed E-state index contributed by atoms with van der Waals surface area (Å²) in [4.78, 5) is 23.7. The van der Waals surface area contributed by atoms with Crippen molar-refractivity contribution >= 4 is 27.8 Å². The summed E-state index contributed by atoms with van der Waals surface area (Å²) in [6.07, 6.45) is 0. The second-order valence-corrected chi connectivity index (χ2v) is 4.73. The molecule has 1 amide bonds. The molecule has 1 aromatic carbocycles. The predicted octanol–water partition coefficient (Wildman–Crippen LogP) is 2.36. The lowest BCUT2D eigenvalue weighted by molar-refractivity contribution is -0.148. The number of halogens is 1. The van der Waals surface area contributed by atoms with E-state index in [0.29, 0.717) is 5.56 Å². The van der Waals surface area contributed by atoms with Crippen molar-refractivity contribution in [1.29, 1.82) is 0 Å². The monoisotopic (exact) mass is 299 g/mol. The molecule has 0 aromatic heterocycles. The van der Waals surface area contributed by atoms with Crippen LogP contribution in [0, 0.1) is 6.92 Å². The first-order chi connectivity index (χ1) is 7.84. The lowest BCUT2D eigenvalue weighted by atomic mass is 10.0. The second-order valence-electron chi connectivity index (χ2n) is 3.88. The Morgan fingerprint density at radius 1 is 1.41 bits per heavy atom. The van der Waals surface area contributed by atoms with Crippen molar-refractivity contribution in [2.45, 2.75) is 19.9 Å². The summed E-state index contributed by atoms with van der Waals surface area (Å²) in [5, 5.41) is 9.20. The van der Waals surface area contributed by atoms with Crippen LogP contribution < -0.4 is 0 Å². The van der Waals surface area contributed by atoms with Crippen molar-refractivity contribution in [3.63, 3.8) is 0 Å². The smallest absolute Gasteiger partial charge is 0.331 e. The quantitative estimate of drug-likeness (QED) is 0.932. The number of benzene rings is 1. The molecule has 0 radical (unpaired) electrons. The summed E-state index contributed by atoms with van der Waals surface area (Å²) in [5.74, 6) is -1.33. The zero-order valence-electron chi connectivity index (χ0n) is 9.90. The maximum Gasteiger partial charge on any atom is 0.331 e. The van der Waals surface area contributed by atoms with Gasteiger partial charge in [-0.2, -0.15) is 0 Å². The van der Waals surface area contributed by atoms with Crippen molar-refractivity contribution in [3.8, 4) is 0 Å². The molecule has 1 atom stereocenters. The fourth-order valence-corrected chi connectivity index (χ4v) is 1.89. The maximum atomic E-state index is 11.3. The molecule has 0 fully saturated rings. The van der Waals surface area contributed by atoms with Crippen LogP contribution >= 0.6 is 15.9 Å². The molecule has 1 rings (SSSR count). The summed E-state index contributed by atoms with van der Waals surface area (Å²) < 4.78 is 0.832. The highest BCUT2D eigenvalue weighted by molar-refractivity contribution is 9.10. The minimum absolute atomic E-state index is 0.283. The van der Waals surface area contributed by atoms with Crippen molar-refractivity contribution < 1.29 is 14.7 Å². The summed E-state index contributed by atoms with van der Waals surface area (Å²) in [5.41, 5.74) is 1.59. The van der Waals surface area contributed by atoms with Gasteiger partial charge in [0, 0.05) is 18.4 Å². The number of amides is 1. The highest BCUT2D eigenvalue weighted by Gasteiger charge is 2.26. The van der Waals surface area contributed by atoms with Crippen LogP contribution in [-0.4, -0.2) is 28.9 Å². The zero-order chi connectivity index (χ0) is 13.2. The van der Waals surface area contributed by atoms with Crippen LogP contribution in [0.1, 0.15) is 24.1 Å². The normalized spacial score (nSPS) is 12.0. The van der Waals surface area contributed by atoms with Gasteiger partial charge in [0.25, 0.3) is 0 Å². The molecule has 0 saturated carbocycles. The van der Waals surface area contributed by atoms with E-state index in [2.05, 4.69) is 15.9 Å². The molecule has 0 spiro atoms. The van der Waals surface area contributed by atoms with Crippen molar-refractivity contribution in [2.75, 3.05) is 7.05 Å². The number of carbonyl (C=O) groups is 2. The first kappa shape index (κ1) is 13.7. The second kappa shape index (κ2) is 5.31. The molecule has 0 bridgehead atoms. The number of hydrogen-bond acceptors (Lipinski definition) is 2. The molecule has 1 N–H and O–H groups in total. The van der Waals surface area contributed by atoms with E-state index >= 15 is 0 Å². The van der Waals surface area contributed by atoms with E-state index in [1.54, 1.807) is 12.1 Å². The van der Waals surface area contributed by atoms with E-state index in [0.717, 1.165) is 10.0 Å². The van der Waals surface area contributed by atoms with Crippen LogP contribution in [0.2, 0.25) is 0 Å². The van der Waals surface area contributed by atoms with E-state index in [4.69, 9.17) is 0 Å². The highest BCUT2D eigenvalue weighted by Crippen LogP contribution is 2.25. The van der Waals surface area contributed by atoms with Crippen molar-refractivity contribution in [1.82, 2.24) is 4.90 Å².